The van der Waals surface area contributed by atoms with Gasteiger partial charge in [0.15, 0.2) is 0 Å². The first-order valence-corrected chi connectivity index (χ1v) is 10.9. The molecule has 116 valence electrons. The minimum Gasteiger partial charge on any atom is -0.379 e. The van der Waals surface area contributed by atoms with Crippen molar-refractivity contribution in [2.75, 3.05) is 0 Å². The van der Waals surface area contributed by atoms with Crippen LogP contribution in [-0.2, 0) is 12.1 Å². The summed E-state index contributed by atoms with van der Waals surface area (Å²) >= 11 is 5.97. The van der Waals surface area contributed by atoms with E-state index in [1.807, 2.05) is 12.1 Å². The Morgan fingerprint density at radius 3 is 2.45 bits per heavy atom. The van der Waals surface area contributed by atoms with Crippen LogP contribution in [0.15, 0.2) is 54.4 Å². The normalized spacial score (nSPS) is 14.2. The summed E-state index contributed by atoms with van der Waals surface area (Å²) in [6.45, 7) is 10.5. The first-order valence-electron chi connectivity index (χ1n) is 6.99. The summed E-state index contributed by atoms with van der Waals surface area (Å²) < 4.78 is 1.62. The molecule has 1 N–H and O–H groups in total. The van der Waals surface area contributed by atoms with Crippen molar-refractivity contribution in [1.29, 1.82) is 0 Å². The summed E-state index contributed by atoms with van der Waals surface area (Å²) in [7, 11) is -1.85. The third-order valence-corrected chi connectivity index (χ3v) is 5.86. The summed E-state index contributed by atoms with van der Waals surface area (Å²) in [5.74, 6) is 0. The van der Waals surface area contributed by atoms with E-state index in [9.17, 15) is 5.11 Å². The maximum Gasteiger partial charge on any atom is 0.137 e. The van der Waals surface area contributed by atoms with Gasteiger partial charge in [0.1, 0.15) is 18.3 Å². The molecule has 1 aromatic heterocycles. The van der Waals surface area contributed by atoms with Gasteiger partial charge in [0, 0.05) is 5.02 Å². The molecule has 0 amide bonds. The predicted octanol–water partition coefficient (Wildman–Crippen LogP) is 3.41. The fraction of sp³-hybridized carbons (Fsp3) is 0.312. The number of halogens is 1. The van der Waals surface area contributed by atoms with E-state index in [2.05, 4.69) is 42.0 Å². The molecule has 1 atom stereocenters. The van der Waals surface area contributed by atoms with Gasteiger partial charge in [-0.15, -0.1) is 5.73 Å². The van der Waals surface area contributed by atoms with E-state index in [1.165, 1.54) is 6.33 Å². The number of aliphatic hydroxyl groups is 1. The predicted molar refractivity (Wildman–Crippen MR) is 91.4 cm³/mol. The maximum absolute atomic E-state index is 11.5. The molecular weight excluding hydrogens is 314 g/mol. The lowest BCUT2D eigenvalue weighted by Crippen LogP contribution is -2.43. The fourth-order valence-electron chi connectivity index (χ4n) is 2.62. The number of nitrogens with zero attached hydrogens (tertiary/aromatic N) is 3. The monoisotopic (exact) mass is 333 g/mol. The average molecular weight is 334 g/mol. The molecule has 0 fully saturated rings. The van der Waals surface area contributed by atoms with E-state index < -0.39 is 13.7 Å². The van der Waals surface area contributed by atoms with Crippen LogP contribution in [0.5, 0.6) is 0 Å². The lowest BCUT2D eigenvalue weighted by atomic mass is 9.93. The van der Waals surface area contributed by atoms with Crippen LogP contribution in [0.2, 0.25) is 24.7 Å². The van der Waals surface area contributed by atoms with Crippen LogP contribution in [0.1, 0.15) is 5.56 Å². The highest BCUT2D eigenvalue weighted by Gasteiger charge is 2.41. The molecular formula is C16H20ClN3OSi. The molecule has 0 radical (unpaired) electrons. The molecule has 0 aliphatic carbocycles. The lowest BCUT2D eigenvalue weighted by molar-refractivity contribution is 0.0594. The van der Waals surface area contributed by atoms with Crippen LogP contribution in [0, 0.1) is 0 Å². The molecule has 2 aromatic rings. The van der Waals surface area contributed by atoms with E-state index in [4.69, 9.17) is 11.6 Å². The van der Waals surface area contributed by atoms with Gasteiger partial charge in [-0.25, -0.2) is 9.67 Å². The van der Waals surface area contributed by atoms with Crippen molar-refractivity contribution >= 4 is 19.7 Å². The summed E-state index contributed by atoms with van der Waals surface area (Å²) in [5, 5.41) is 17.1. The summed E-state index contributed by atoms with van der Waals surface area (Å²) in [5.41, 5.74) is 2.51. The molecule has 0 bridgehead atoms. The average Bonchev–Trinajstić information content (AvgIpc) is 2.91. The Bertz CT molecular complexity index is 685. The summed E-state index contributed by atoms with van der Waals surface area (Å²) in [6, 6.07) is 7.20. The number of aromatic nitrogens is 3. The second kappa shape index (κ2) is 6.22. The van der Waals surface area contributed by atoms with Gasteiger partial charge in [-0.1, -0.05) is 50.0 Å². The van der Waals surface area contributed by atoms with Gasteiger partial charge in [0.2, 0.25) is 0 Å². The van der Waals surface area contributed by atoms with Crippen molar-refractivity contribution in [2.45, 2.75) is 31.8 Å². The Labute approximate surface area is 136 Å². The number of hydrogen-bond donors (Lipinski definition) is 1. The zero-order valence-electron chi connectivity index (χ0n) is 13.0. The van der Waals surface area contributed by atoms with Gasteiger partial charge >= 0.3 is 0 Å². The van der Waals surface area contributed by atoms with Crippen molar-refractivity contribution in [1.82, 2.24) is 14.8 Å². The molecule has 22 heavy (non-hydrogen) atoms. The largest absolute Gasteiger partial charge is 0.379 e. The van der Waals surface area contributed by atoms with Gasteiger partial charge in [-0.3, -0.25) is 0 Å². The van der Waals surface area contributed by atoms with E-state index in [-0.39, 0.29) is 6.54 Å². The van der Waals surface area contributed by atoms with Crippen LogP contribution in [0.4, 0.5) is 0 Å². The van der Waals surface area contributed by atoms with Gasteiger partial charge in [-0.05, 0) is 22.9 Å². The molecule has 0 aliphatic heterocycles. The summed E-state index contributed by atoms with van der Waals surface area (Å²) in [6.07, 6.45) is 3.04. The minimum absolute atomic E-state index is 0.261. The van der Waals surface area contributed by atoms with E-state index in [0.717, 1.165) is 10.8 Å². The van der Waals surface area contributed by atoms with Crippen molar-refractivity contribution in [3.63, 3.8) is 0 Å². The van der Waals surface area contributed by atoms with Crippen LogP contribution >= 0.6 is 11.6 Å². The molecule has 1 aromatic carbocycles. The SMILES string of the molecule is C=C=C(C(O)(Cn1cncn1)c1ccc(Cl)cc1)[Si](C)(C)C. The highest BCUT2D eigenvalue weighted by Crippen LogP contribution is 2.36. The topological polar surface area (TPSA) is 50.9 Å². The van der Waals surface area contributed by atoms with Crippen molar-refractivity contribution in [3.8, 4) is 0 Å². The van der Waals surface area contributed by atoms with Crippen LogP contribution in [-0.4, -0.2) is 27.9 Å². The van der Waals surface area contributed by atoms with Crippen molar-refractivity contribution in [3.05, 3.63) is 65.0 Å². The fourth-order valence-corrected chi connectivity index (χ4v) is 4.74. The smallest absolute Gasteiger partial charge is 0.137 e. The van der Waals surface area contributed by atoms with Crippen molar-refractivity contribution in [2.24, 2.45) is 0 Å². The number of rotatable bonds is 5. The van der Waals surface area contributed by atoms with Crippen LogP contribution in [0.3, 0.4) is 0 Å². The molecule has 0 aliphatic rings. The van der Waals surface area contributed by atoms with Crippen molar-refractivity contribution < 1.29 is 5.11 Å². The molecule has 4 nitrogen and oxygen atoms in total. The van der Waals surface area contributed by atoms with Crippen LogP contribution < -0.4 is 0 Å². The quantitative estimate of drug-likeness (QED) is 0.674. The highest BCUT2D eigenvalue weighted by molar-refractivity contribution is 6.83. The number of benzene rings is 1. The Morgan fingerprint density at radius 2 is 2.00 bits per heavy atom. The third kappa shape index (κ3) is 3.39. The second-order valence-corrected chi connectivity index (χ2v) is 11.7. The Hall–Kier alpha value is -1.65. The maximum atomic E-state index is 11.5. The molecule has 0 saturated carbocycles. The standard InChI is InChI=1S/C16H20ClN3OSi/c1-5-15(22(2,3)4)16(21,10-20-12-18-11-19-20)13-6-8-14(17)9-7-13/h6-9,11-12,21H,1,10H2,2-4H3. The molecule has 1 heterocycles. The van der Waals surface area contributed by atoms with E-state index >= 15 is 0 Å². The van der Waals surface area contributed by atoms with E-state index in [1.54, 1.807) is 23.1 Å². The van der Waals surface area contributed by atoms with Gasteiger partial charge < -0.3 is 5.11 Å². The first-order chi connectivity index (χ1) is 10.3. The zero-order valence-corrected chi connectivity index (χ0v) is 14.8. The summed E-state index contributed by atoms with van der Waals surface area (Å²) in [4.78, 5) is 3.95. The molecule has 6 heteroatoms. The Morgan fingerprint density at radius 1 is 1.36 bits per heavy atom. The van der Waals surface area contributed by atoms with Gasteiger partial charge in [-0.2, -0.15) is 5.10 Å². The van der Waals surface area contributed by atoms with Crippen LogP contribution in [0.25, 0.3) is 0 Å². The third-order valence-electron chi connectivity index (χ3n) is 3.52. The molecule has 2 rings (SSSR count). The van der Waals surface area contributed by atoms with E-state index in [0.29, 0.717) is 5.02 Å². The Kier molecular flexibility index (Phi) is 4.73. The lowest BCUT2D eigenvalue weighted by Gasteiger charge is -2.36. The molecule has 0 spiro atoms. The Balaban J connectivity index is 2.58. The highest BCUT2D eigenvalue weighted by atomic mass is 35.5. The molecule has 0 saturated heterocycles. The van der Waals surface area contributed by atoms with Gasteiger partial charge in [0.25, 0.3) is 0 Å². The first kappa shape index (κ1) is 16.7. The van der Waals surface area contributed by atoms with Gasteiger partial charge in [0.05, 0.1) is 14.6 Å². The minimum atomic E-state index is -1.85. The zero-order chi connectivity index (χ0) is 16.4. The second-order valence-electron chi connectivity index (χ2n) is 6.26. The molecule has 1 unspecified atom stereocenters. The number of hydrogen-bond acceptors (Lipinski definition) is 3.